The van der Waals surface area contributed by atoms with Crippen molar-refractivity contribution in [2.75, 3.05) is 10.6 Å². The summed E-state index contributed by atoms with van der Waals surface area (Å²) in [5.74, 6) is -0.306. The summed E-state index contributed by atoms with van der Waals surface area (Å²) < 4.78 is 26.0. The summed E-state index contributed by atoms with van der Waals surface area (Å²) in [4.78, 5) is 16.4. The number of amides is 1. The molecule has 6 nitrogen and oxygen atoms in total. The monoisotopic (exact) mass is 393 g/mol. The van der Waals surface area contributed by atoms with Gasteiger partial charge < -0.3 is 10.6 Å². The number of benzene rings is 2. The van der Waals surface area contributed by atoms with E-state index in [1.54, 1.807) is 24.5 Å². The Kier molecular flexibility index (Phi) is 4.83. The molecule has 0 radical (unpaired) electrons. The molecule has 0 aliphatic carbocycles. The molecule has 1 atom stereocenters. The smallest absolute Gasteiger partial charge is 0.255 e. The van der Waals surface area contributed by atoms with Crippen LogP contribution in [0.2, 0.25) is 0 Å². The van der Waals surface area contributed by atoms with Gasteiger partial charge in [0.05, 0.1) is 4.90 Å². The summed E-state index contributed by atoms with van der Waals surface area (Å²) in [7, 11) is -3.56. The first-order valence-electron chi connectivity index (χ1n) is 8.94. The highest BCUT2D eigenvalue weighted by molar-refractivity contribution is 7.92. The lowest BCUT2D eigenvalue weighted by Crippen LogP contribution is -2.33. The number of carbonyl (C=O) groups is 1. The van der Waals surface area contributed by atoms with Crippen LogP contribution in [-0.4, -0.2) is 24.7 Å². The molecule has 1 aromatic heterocycles. The Bertz CT molecular complexity index is 1100. The molecule has 4 rings (SSSR count). The van der Waals surface area contributed by atoms with Crippen LogP contribution < -0.4 is 10.6 Å². The maximum atomic E-state index is 13.0. The summed E-state index contributed by atoms with van der Waals surface area (Å²) in [6.45, 7) is 0. The minimum atomic E-state index is -3.56. The van der Waals surface area contributed by atoms with Gasteiger partial charge in [0.15, 0.2) is 9.84 Å². The van der Waals surface area contributed by atoms with Gasteiger partial charge in [0.2, 0.25) is 0 Å². The largest absolute Gasteiger partial charge is 0.369 e. The Morgan fingerprint density at radius 1 is 1.00 bits per heavy atom. The molecule has 28 heavy (non-hydrogen) atoms. The zero-order valence-electron chi connectivity index (χ0n) is 15.0. The molecular weight excluding hydrogens is 374 g/mol. The number of hydrogen-bond acceptors (Lipinski definition) is 5. The number of aryl methyl sites for hydroxylation is 1. The summed E-state index contributed by atoms with van der Waals surface area (Å²) in [6.07, 6.45) is 4.38. The zero-order chi connectivity index (χ0) is 19.6. The van der Waals surface area contributed by atoms with Crippen LogP contribution in [0.25, 0.3) is 0 Å². The van der Waals surface area contributed by atoms with Gasteiger partial charge in [0.25, 0.3) is 5.91 Å². The lowest BCUT2D eigenvalue weighted by atomic mass is 10.0. The third kappa shape index (κ3) is 3.61. The number of anilines is 2. The van der Waals surface area contributed by atoms with Crippen molar-refractivity contribution < 1.29 is 13.2 Å². The SMILES string of the molecule is O=C(Nc1ccncc1)c1ccc(S(=O)(=O)C2CCc3ccccc3N2)cc1. The maximum absolute atomic E-state index is 13.0. The second-order valence-electron chi connectivity index (χ2n) is 6.59. The Morgan fingerprint density at radius 2 is 1.71 bits per heavy atom. The molecule has 0 bridgehead atoms. The molecule has 7 heteroatoms. The lowest BCUT2D eigenvalue weighted by Gasteiger charge is -2.26. The van der Waals surface area contributed by atoms with Gasteiger partial charge in [0, 0.05) is 29.3 Å². The third-order valence-corrected chi connectivity index (χ3v) is 6.80. The minimum Gasteiger partial charge on any atom is -0.369 e. The van der Waals surface area contributed by atoms with Crippen molar-refractivity contribution in [1.82, 2.24) is 4.98 Å². The average molecular weight is 393 g/mol. The Balaban J connectivity index is 1.51. The fourth-order valence-corrected chi connectivity index (χ4v) is 4.80. The van der Waals surface area contributed by atoms with E-state index in [4.69, 9.17) is 0 Å². The van der Waals surface area contributed by atoms with E-state index in [2.05, 4.69) is 15.6 Å². The molecule has 2 heterocycles. The predicted molar refractivity (Wildman–Crippen MR) is 108 cm³/mol. The fraction of sp³-hybridized carbons (Fsp3) is 0.143. The van der Waals surface area contributed by atoms with Crippen molar-refractivity contribution in [1.29, 1.82) is 0 Å². The molecule has 2 aromatic carbocycles. The van der Waals surface area contributed by atoms with Crippen LogP contribution in [0.5, 0.6) is 0 Å². The Morgan fingerprint density at radius 3 is 2.46 bits per heavy atom. The number of nitrogens with zero attached hydrogens (tertiary/aromatic N) is 1. The summed E-state index contributed by atoms with van der Waals surface area (Å²) in [5, 5.41) is 5.20. The second-order valence-corrected chi connectivity index (χ2v) is 8.72. The molecule has 0 fully saturated rings. The number of rotatable bonds is 4. The van der Waals surface area contributed by atoms with Crippen LogP contribution >= 0.6 is 0 Å². The standard InChI is InChI=1S/C21H19N3O3S/c25-21(23-17-11-13-22-14-12-17)16-5-8-18(9-6-16)28(26,27)20-10-7-15-3-1-2-4-19(15)24-20/h1-6,8-9,11-14,20,24H,7,10H2,(H,22,23,25). The first-order valence-corrected chi connectivity index (χ1v) is 10.5. The number of pyridine rings is 1. The van der Waals surface area contributed by atoms with E-state index in [-0.39, 0.29) is 10.8 Å². The van der Waals surface area contributed by atoms with E-state index in [0.29, 0.717) is 24.1 Å². The highest BCUT2D eigenvalue weighted by atomic mass is 32.2. The van der Waals surface area contributed by atoms with Crippen molar-refractivity contribution in [3.63, 3.8) is 0 Å². The van der Waals surface area contributed by atoms with Crippen LogP contribution in [0.3, 0.4) is 0 Å². The number of nitrogens with one attached hydrogen (secondary N) is 2. The molecule has 1 aliphatic heterocycles. The predicted octanol–water partition coefficient (Wildman–Crippen LogP) is 3.49. The van der Waals surface area contributed by atoms with Crippen LogP contribution in [0.4, 0.5) is 11.4 Å². The van der Waals surface area contributed by atoms with Gasteiger partial charge in [0.1, 0.15) is 5.37 Å². The minimum absolute atomic E-state index is 0.199. The van der Waals surface area contributed by atoms with E-state index in [1.807, 2.05) is 24.3 Å². The molecule has 1 amide bonds. The Labute approximate surface area is 163 Å². The van der Waals surface area contributed by atoms with E-state index in [0.717, 1.165) is 11.3 Å². The van der Waals surface area contributed by atoms with Crippen LogP contribution in [-0.2, 0) is 16.3 Å². The maximum Gasteiger partial charge on any atom is 0.255 e. The first kappa shape index (κ1) is 18.2. The fourth-order valence-electron chi connectivity index (χ4n) is 3.24. The number of carbonyl (C=O) groups excluding carboxylic acids is 1. The van der Waals surface area contributed by atoms with Gasteiger partial charge in [-0.25, -0.2) is 8.42 Å². The van der Waals surface area contributed by atoms with Gasteiger partial charge in [-0.3, -0.25) is 9.78 Å². The molecule has 0 saturated carbocycles. The summed E-state index contributed by atoms with van der Waals surface area (Å²) >= 11 is 0. The van der Waals surface area contributed by atoms with Crippen molar-refractivity contribution in [3.8, 4) is 0 Å². The number of aromatic nitrogens is 1. The van der Waals surface area contributed by atoms with Gasteiger partial charge in [-0.15, -0.1) is 0 Å². The quantitative estimate of drug-likeness (QED) is 0.708. The van der Waals surface area contributed by atoms with Crippen molar-refractivity contribution in [2.45, 2.75) is 23.1 Å². The topological polar surface area (TPSA) is 88.2 Å². The number of hydrogen-bond donors (Lipinski definition) is 2. The Hall–Kier alpha value is -3.19. The number of fused-ring (bicyclic) bond motifs is 1. The van der Waals surface area contributed by atoms with Crippen LogP contribution in [0.1, 0.15) is 22.3 Å². The molecule has 1 aliphatic rings. The van der Waals surface area contributed by atoms with Crippen LogP contribution in [0.15, 0.2) is 78.0 Å². The molecule has 3 aromatic rings. The number of sulfone groups is 1. The molecule has 142 valence electrons. The molecule has 1 unspecified atom stereocenters. The van der Waals surface area contributed by atoms with Crippen molar-refractivity contribution in [2.24, 2.45) is 0 Å². The first-order chi connectivity index (χ1) is 13.5. The van der Waals surface area contributed by atoms with Crippen LogP contribution in [0, 0.1) is 0 Å². The highest BCUT2D eigenvalue weighted by Crippen LogP contribution is 2.29. The zero-order valence-corrected chi connectivity index (χ0v) is 15.8. The van der Waals surface area contributed by atoms with Crippen molar-refractivity contribution in [3.05, 3.63) is 84.2 Å². The molecule has 0 spiro atoms. The number of para-hydroxylation sites is 1. The summed E-state index contributed by atoms with van der Waals surface area (Å²) in [5.41, 5.74) is 2.99. The molecule has 0 saturated heterocycles. The van der Waals surface area contributed by atoms with Gasteiger partial charge >= 0.3 is 0 Å². The summed E-state index contributed by atoms with van der Waals surface area (Å²) in [6, 6.07) is 17.1. The highest BCUT2D eigenvalue weighted by Gasteiger charge is 2.30. The van der Waals surface area contributed by atoms with E-state index in [9.17, 15) is 13.2 Å². The van der Waals surface area contributed by atoms with Crippen molar-refractivity contribution >= 4 is 27.1 Å². The molecular formula is C21H19N3O3S. The van der Waals surface area contributed by atoms with Gasteiger partial charge in [-0.1, -0.05) is 18.2 Å². The lowest BCUT2D eigenvalue weighted by molar-refractivity contribution is 0.102. The van der Waals surface area contributed by atoms with Gasteiger partial charge in [-0.05, 0) is 60.9 Å². The van der Waals surface area contributed by atoms with Gasteiger partial charge in [-0.2, -0.15) is 0 Å². The average Bonchev–Trinajstić information content (AvgIpc) is 2.74. The molecule has 2 N–H and O–H groups in total. The van der Waals surface area contributed by atoms with E-state index < -0.39 is 15.2 Å². The normalized spacial score (nSPS) is 15.9. The third-order valence-electron chi connectivity index (χ3n) is 4.77. The van der Waals surface area contributed by atoms with E-state index in [1.165, 1.54) is 24.3 Å². The second kappa shape index (κ2) is 7.44. The van der Waals surface area contributed by atoms with E-state index >= 15 is 0 Å².